The summed E-state index contributed by atoms with van der Waals surface area (Å²) in [4.78, 5) is 24.2. The van der Waals surface area contributed by atoms with Crippen LogP contribution < -0.4 is 10.6 Å². The van der Waals surface area contributed by atoms with Gasteiger partial charge in [0.1, 0.15) is 5.82 Å². The average Bonchev–Trinajstić information content (AvgIpc) is 3.37. The summed E-state index contributed by atoms with van der Waals surface area (Å²) in [5.41, 5.74) is 2.10. The van der Waals surface area contributed by atoms with Crippen LogP contribution in [0.25, 0.3) is 0 Å². The third kappa shape index (κ3) is 3.99. The molecule has 2 N–H and O–H groups in total. The van der Waals surface area contributed by atoms with Gasteiger partial charge in [0.05, 0.1) is 0 Å². The molecule has 2 aromatic rings. The number of anilines is 1. The van der Waals surface area contributed by atoms with Crippen molar-refractivity contribution in [2.75, 3.05) is 11.9 Å². The van der Waals surface area contributed by atoms with Gasteiger partial charge in [-0.25, -0.2) is 4.39 Å². The topological polar surface area (TPSA) is 58.2 Å². The van der Waals surface area contributed by atoms with Crippen molar-refractivity contribution in [3.63, 3.8) is 0 Å². The lowest BCUT2D eigenvalue weighted by Gasteiger charge is -2.16. The van der Waals surface area contributed by atoms with E-state index in [1.807, 2.05) is 6.92 Å². The summed E-state index contributed by atoms with van der Waals surface area (Å²) in [5.74, 6) is -1.73. The SMILES string of the molecule is Cc1ccc(Cl)cc1NC(=O)C(=O)NCC1(c2ccc(F)cc2)CC1. The van der Waals surface area contributed by atoms with Crippen LogP contribution in [0.3, 0.4) is 0 Å². The highest BCUT2D eigenvalue weighted by Crippen LogP contribution is 2.47. The standard InChI is InChI=1S/C19H18ClFN2O2/c1-12-2-5-14(20)10-16(12)23-18(25)17(24)22-11-19(8-9-19)13-3-6-15(21)7-4-13/h2-7,10H,8-9,11H2,1H3,(H,22,24)(H,23,25). The number of hydrogen-bond donors (Lipinski definition) is 2. The van der Waals surface area contributed by atoms with Crippen molar-refractivity contribution in [2.45, 2.75) is 25.2 Å². The predicted molar refractivity (Wildman–Crippen MR) is 95.1 cm³/mol. The minimum atomic E-state index is -0.736. The molecule has 1 aliphatic rings. The number of nitrogens with one attached hydrogen (secondary N) is 2. The van der Waals surface area contributed by atoms with Gasteiger partial charge in [-0.15, -0.1) is 0 Å². The molecule has 6 heteroatoms. The van der Waals surface area contributed by atoms with Gasteiger partial charge < -0.3 is 10.6 Å². The van der Waals surface area contributed by atoms with E-state index in [2.05, 4.69) is 10.6 Å². The van der Waals surface area contributed by atoms with Gasteiger partial charge in [-0.3, -0.25) is 9.59 Å². The fourth-order valence-electron chi connectivity index (χ4n) is 2.76. The zero-order valence-electron chi connectivity index (χ0n) is 13.7. The van der Waals surface area contributed by atoms with Crippen LogP contribution in [0.2, 0.25) is 5.02 Å². The Bertz CT molecular complexity index is 817. The molecule has 0 unspecified atom stereocenters. The maximum absolute atomic E-state index is 13.1. The molecule has 0 spiro atoms. The first-order valence-electron chi connectivity index (χ1n) is 8.01. The Labute approximate surface area is 150 Å². The van der Waals surface area contributed by atoms with Gasteiger partial charge in [0, 0.05) is 22.7 Å². The molecule has 130 valence electrons. The molecule has 0 aromatic heterocycles. The van der Waals surface area contributed by atoms with Crippen molar-refractivity contribution >= 4 is 29.1 Å². The van der Waals surface area contributed by atoms with Gasteiger partial charge in [0.15, 0.2) is 0 Å². The van der Waals surface area contributed by atoms with Crippen molar-refractivity contribution in [1.29, 1.82) is 0 Å². The molecule has 2 aromatic carbocycles. The molecular formula is C19H18ClFN2O2. The van der Waals surface area contributed by atoms with Crippen LogP contribution in [0.1, 0.15) is 24.0 Å². The normalized spacial score (nSPS) is 14.7. The molecule has 0 bridgehead atoms. The molecule has 0 radical (unpaired) electrons. The fourth-order valence-corrected chi connectivity index (χ4v) is 2.93. The summed E-state index contributed by atoms with van der Waals surface area (Å²) < 4.78 is 13.1. The summed E-state index contributed by atoms with van der Waals surface area (Å²) in [7, 11) is 0. The van der Waals surface area contributed by atoms with Gasteiger partial charge in [-0.05, 0) is 55.2 Å². The number of halogens is 2. The third-order valence-electron chi connectivity index (χ3n) is 4.55. The van der Waals surface area contributed by atoms with Gasteiger partial charge in [-0.1, -0.05) is 29.8 Å². The minimum absolute atomic E-state index is 0.199. The molecule has 1 saturated carbocycles. The quantitative estimate of drug-likeness (QED) is 0.819. The molecule has 2 amide bonds. The van der Waals surface area contributed by atoms with E-state index in [4.69, 9.17) is 11.6 Å². The maximum atomic E-state index is 13.1. The number of amides is 2. The molecule has 0 saturated heterocycles. The van der Waals surface area contributed by atoms with Crippen LogP contribution in [0.15, 0.2) is 42.5 Å². The molecule has 1 fully saturated rings. The van der Waals surface area contributed by atoms with Gasteiger partial charge in [0.2, 0.25) is 0 Å². The third-order valence-corrected chi connectivity index (χ3v) is 4.79. The summed E-state index contributed by atoms with van der Waals surface area (Å²) in [6.45, 7) is 2.16. The van der Waals surface area contributed by atoms with Crippen LogP contribution in [-0.2, 0) is 15.0 Å². The number of aryl methyl sites for hydroxylation is 1. The Morgan fingerprint density at radius 2 is 1.80 bits per heavy atom. The zero-order chi connectivity index (χ0) is 18.0. The van der Waals surface area contributed by atoms with Crippen molar-refractivity contribution < 1.29 is 14.0 Å². The second-order valence-corrected chi connectivity index (χ2v) is 6.82. The number of hydrogen-bond acceptors (Lipinski definition) is 2. The van der Waals surface area contributed by atoms with E-state index in [9.17, 15) is 14.0 Å². The van der Waals surface area contributed by atoms with Crippen molar-refractivity contribution in [1.82, 2.24) is 5.32 Å². The second kappa shape index (κ2) is 6.84. The lowest BCUT2D eigenvalue weighted by Crippen LogP contribution is -2.39. The summed E-state index contributed by atoms with van der Waals surface area (Å²) in [5, 5.41) is 5.73. The number of carbonyl (C=O) groups is 2. The Morgan fingerprint density at radius 3 is 2.44 bits per heavy atom. The highest BCUT2D eigenvalue weighted by molar-refractivity contribution is 6.40. The number of benzene rings is 2. The Balaban J connectivity index is 1.60. The van der Waals surface area contributed by atoms with Gasteiger partial charge in [0.25, 0.3) is 0 Å². The predicted octanol–water partition coefficient (Wildman–Crippen LogP) is 3.57. The van der Waals surface area contributed by atoms with Crippen LogP contribution in [0.4, 0.5) is 10.1 Å². The molecule has 4 nitrogen and oxygen atoms in total. The Hall–Kier alpha value is -2.40. The average molecular weight is 361 g/mol. The second-order valence-electron chi connectivity index (χ2n) is 6.38. The van der Waals surface area contributed by atoms with Crippen LogP contribution in [0.5, 0.6) is 0 Å². The van der Waals surface area contributed by atoms with Crippen molar-refractivity contribution in [3.05, 3.63) is 64.4 Å². The molecule has 25 heavy (non-hydrogen) atoms. The van der Waals surface area contributed by atoms with Crippen LogP contribution in [-0.4, -0.2) is 18.4 Å². The van der Waals surface area contributed by atoms with E-state index in [0.717, 1.165) is 24.0 Å². The van der Waals surface area contributed by atoms with Gasteiger partial charge in [-0.2, -0.15) is 0 Å². The van der Waals surface area contributed by atoms with Gasteiger partial charge >= 0.3 is 11.8 Å². The van der Waals surface area contributed by atoms with Crippen molar-refractivity contribution in [2.24, 2.45) is 0 Å². The summed E-state index contributed by atoms with van der Waals surface area (Å²) >= 11 is 5.91. The monoisotopic (exact) mass is 360 g/mol. The lowest BCUT2D eigenvalue weighted by molar-refractivity contribution is -0.136. The molecule has 0 heterocycles. The van der Waals surface area contributed by atoms with E-state index < -0.39 is 11.8 Å². The minimum Gasteiger partial charge on any atom is -0.347 e. The lowest BCUT2D eigenvalue weighted by atomic mass is 9.96. The van der Waals surface area contributed by atoms with Crippen molar-refractivity contribution in [3.8, 4) is 0 Å². The summed E-state index contributed by atoms with van der Waals surface area (Å²) in [6.07, 6.45) is 1.79. The smallest absolute Gasteiger partial charge is 0.313 e. The number of rotatable bonds is 4. The molecule has 1 aliphatic carbocycles. The van der Waals surface area contributed by atoms with E-state index in [0.29, 0.717) is 17.3 Å². The molecule has 0 atom stereocenters. The first-order valence-corrected chi connectivity index (χ1v) is 8.39. The highest BCUT2D eigenvalue weighted by Gasteiger charge is 2.44. The van der Waals surface area contributed by atoms with E-state index in [-0.39, 0.29) is 11.2 Å². The zero-order valence-corrected chi connectivity index (χ0v) is 14.5. The maximum Gasteiger partial charge on any atom is 0.313 e. The summed E-state index contributed by atoms with van der Waals surface area (Å²) in [6, 6.07) is 11.4. The number of carbonyl (C=O) groups excluding carboxylic acids is 2. The van der Waals surface area contributed by atoms with E-state index >= 15 is 0 Å². The van der Waals surface area contributed by atoms with Crippen LogP contribution in [0, 0.1) is 12.7 Å². The highest BCUT2D eigenvalue weighted by atomic mass is 35.5. The fraction of sp³-hybridized carbons (Fsp3) is 0.263. The molecular weight excluding hydrogens is 343 g/mol. The first kappa shape index (κ1) is 17.4. The Morgan fingerprint density at radius 1 is 1.12 bits per heavy atom. The van der Waals surface area contributed by atoms with Crippen LogP contribution >= 0.6 is 11.6 Å². The first-order chi connectivity index (χ1) is 11.9. The molecule has 3 rings (SSSR count). The van der Waals surface area contributed by atoms with E-state index in [1.54, 1.807) is 30.3 Å². The largest absolute Gasteiger partial charge is 0.347 e. The Kier molecular flexibility index (Phi) is 4.77. The molecule has 0 aliphatic heterocycles. The van der Waals surface area contributed by atoms with E-state index in [1.165, 1.54) is 12.1 Å².